The maximum absolute atomic E-state index is 11.6. The highest BCUT2D eigenvalue weighted by molar-refractivity contribution is 7.98. The molecule has 0 fully saturated rings. The van der Waals surface area contributed by atoms with Crippen molar-refractivity contribution in [3.63, 3.8) is 0 Å². The monoisotopic (exact) mass is 286 g/mol. The topological polar surface area (TPSA) is 93.9 Å². The van der Waals surface area contributed by atoms with Gasteiger partial charge in [0, 0.05) is 5.75 Å². The first-order chi connectivity index (χ1) is 9.61. The summed E-state index contributed by atoms with van der Waals surface area (Å²) in [6.07, 6.45) is 0. The minimum Gasteiger partial charge on any atom is -0.477 e. The quantitative estimate of drug-likeness (QED) is 0.841. The van der Waals surface area contributed by atoms with E-state index in [2.05, 4.69) is 4.98 Å². The van der Waals surface area contributed by atoms with Gasteiger partial charge in [-0.2, -0.15) is 5.26 Å². The summed E-state index contributed by atoms with van der Waals surface area (Å²) in [7, 11) is 0. The Bertz CT molecular complexity index is 732. The summed E-state index contributed by atoms with van der Waals surface area (Å²) in [6.45, 7) is 0. The van der Waals surface area contributed by atoms with Crippen molar-refractivity contribution in [3.05, 3.63) is 63.4 Å². The molecule has 0 aliphatic carbocycles. The van der Waals surface area contributed by atoms with E-state index in [1.54, 1.807) is 0 Å². The SMILES string of the molecule is N#Cc1cc(C(=O)O)c(=O)[nH]c1SCc1ccccc1. The molecule has 100 valence electrons. The van der Waals surface area contributed by atoms with Crippen LogP contribution in [0.5, 0.6) is 0 Å². The Morgan fingerprint density at radius 2 is 2.05 bits per heavy atom. The zero-order valence-corrected chi connectivity index (χ0v) is 11.1. The summed E-state index contributed by atoms with van der Waals surface area (Å²) in [5.74, 6) is -0.764. The lowest BCUT2D eigenvalue weighted by atomic mass is 10.2. The normalized spacial score (nSPS) is 9.95. The Hall–Kier alpha value is -2.52. The van der Waals surface area contributed by atoms with Gasteiger partial charge in [0.2, 0.25) is 0 Å². The minimum atomic E-state index is -1.35. The maximum atomic E-state index is 11.6. The number of aromatic nitrogens is 1. The molecular weight excluding hydrogens is 276 g/mol. The van der Waals surface area contributed by atoms with Gasteiger partial charge in [-0.05, 0) is 11.6 Å². The Labute approximate surface area is 118 Å². The van der Waals surface area contributed by atoms with Gasteiger partial charge in [-0.1, -0.05) is 30.3 Å². The van der Waals surface area contributed by atoms with Crippen LogP contribution in [0, 0.1) is 11.3 Å². The van der Waals surface area contributed by atoms with E-state index >= 15 is 0 Å². The molecule has 0 aliphatic rings. The second-order valence-corrected chi connectivity index (χ2v) is 4.93. The number of H-pyrrole nitrogens is 1. The van der Waals surface area contributed by atoms with Gasteiger partial charge in [0.1, 0.15) is 11.6 Å². The van der Waals surface area contributed by atoms with Gasteiger partial charge in [-0.25, -0.2) is 4.79 Å². The maximum Gasteiger partial charge on any atom is 0.341 e. The molecule has 0 atom stereocenters. The largest absolute Gasteiger partial charge is 0.477 e. The molecule has 1 aromatic carbocycles. The molecule has 0 aliphatic heterocycles. The number of hydrogen-bond donors (Lipinski definition) is 2. The number of nitrogens with one attached hydrogen (secondary N) is 1. The Morgan fingerprint density at radius 3 is 2.65 bits per heavy atom. The molecule has 0 spiro atoms. The zero-order valence-electron chi connectivity index (χ0n) is 10.3. The van der Waals surface area contributed by atoms with Gasteiger partial charge in [-0.15, -0.1) is 11.8 Å². The number of benzene rings is 1. The third kappa shape index (κ3) is 3.08. The molecule has 2 aromatic rings. The van der Waals surface area contributed by atoms with Crippen molar-refractivity contribution in [1.82, 2.24) is 4.98 Å². The number of carboxylic acids is 1. The number of nitrogens with zero attached hydrogens (tertiary/aromatic N) is 1. The van der Waals surface area contributed by atoms with Crippen LogP contribution in [-0.2, 0) is 5.75 Å². The summed E-state index contributed by atoms with van der Waals surface area (Å²) in [5.41, 5.74) is 0.0742. The van der Waals surface area contributed by atoms with Crippen LogP contribution in [0.4, 0.5) is 0 Å². The second-order valence-electron chi connectivity index (χ2n) is 3.95. The molecule has 2 rings (SSSR count). The zero-order chi connectivity index (χ0) is 14.5. The third-order valence-corrected chi connectivity index (χ3v) is 3.67. The average Bonchev–Trinajstić information content (AvgIpc) is 2.46. The molecule has 6 heteroatoms. The molecule has 0 saturated heterocycles. The average molecular weight is 286 g/mol. The summed E-state index contributed by atoms with van der Waals surface area (Å²) in [4.78, 5) is 24.9. The summed E-state index contributed by atoms with van der Waals surface area (Å²) < 4.78 is 0. The summed E-state index contributed by atoms with van der Waals surface area (Å²) in [6, 6.07) is 12.6. The number of carbonyl (C=O) groups is 1. The number of hydrogen-bond acceptors (Lipinski definition) is 4. The molecule has 0 amide bonds. The van der Waals surface area contributed by atoms with Crippen LogP contribution in [0.3, 0.4) is 0 Å². The standard InChI is InChI=1S/C14H10N2O3S/c15-7-10-6-11(14(18)19)12(17)16-13(10)20-8-9-4-2-1-3-5-9/h1-6H,8H2,(H,16,17)(H,18,19). The number of pyridine rings is 1. The van der Waals surface area contributed by atoms with Gasteiger partial charge < -0.3 is 10.1 Å². The van der Waals surface area contributed by atoms with Crippen LogP contribution >= 0.6 is 11.8 Å². The van der Waals surface area contributed by atoms with Crippen molar-refractivity contribution in [2.24, 2.45) is 0 Å². The van der Waals surface area contributed by atoms with E-state index < -0.39 is 17.1 Å². The Kier molecular flexibility index (Phi) is 4.23. The molecule has 0 radical (unpaired) electrons. The molecule has 20 heavy (non-hydrogen) atoms. The fraction of sp³-hybridized carbons (Fsp3) is 0.0714. The first kappa shape index (κ1) is 13.9. The van der Waals surface area contributed by atoms with Crippen molar-refractivity contribution >= 4 is 17.7 Å². The van der Waals surface area contributed by atoms with Gasteiger partial charge in [0.15, 0.2) is 0 Å². The molecular formula is C14H10N2O3S. The van der Waals surface area contributed by atoms with E-state index in [9.17, 15) is 9.59 Å². The summed E-state index contributed by atoms with van der Waals surface area (Å²) in [5, 5.41) is 18.3. The highest BCUT2D eigenvalue weighted by Gasteiger charge is 2.14. The van der Waals surface area contributed by atoms with Gasteiger partial charge in [0.05, 0.1) is 10.6 Å². The smallest absolute Gasteiger partial charge is 0.341 e. The van der Waals surface area contributed by atoms with Gasteiger partial charge in [-0.3, -0.25) is 4.79 Å². The van der Waals surface area contributed by atoms with Crippen molar-refractivity contribution in [2.45, 2.75) is 10.8 Å². The van der Waals surface area contributed by atoms with E-state index in [4.69, 9.17) is 10.4 Å². The first-order valence-corrected chi connectivity index (χ1v) is 6.68. The summed E-state index contributed by atoms with van der Waals surface area (Å²) >= 11 is 1.29. The lowest BCUT2D eigenvalue weighted by molar-refractivity contribution is 0.0694. The fourth-order valence-corrected chi connectivity index (χ4v) is 2.53. The Balaban J connectivity index is 2.29. The van der Waals surface area contributed by atoms with Gasteiger partial charge >= 0.3 is 5.97 Å². The lowest BCUT2D eigenvalue weighted by Gasteiger charge is -2.05. The highest BCUT2D eigenvalue weighted by Crippen LogP contribution is 2.23. The lowest BCUT2D eigenvalue weighted by Crippen LogP contribution is -2.18. The molecule has 5 nitrogen and oxygen atoms in total. The van der Waals surface area contributed by atoms with Gasteiger partial charge in [0.25, 0.3) is 5.56 Å². The van der Waals surface area contributed by atoms with Crippen molar-refractivity contribution in [1.29, 1.82) is 5.26 Å². The van der Waals surface area contributed by atoms with Crippen LogP contribution in [-0.4, -0.2) is 16.1 Å². The van der Waals surface area contributed by atoms with E-state index in [0.29, 0.717) is 10.8 Å². The van der Waals surface area contributed by atoms with E-state index in [-0.39, 0.29) is 5.56 Å². The third-order valence-electron chi connectivity index (χ3n) is 2.58. The molecule has 0 bridgehead atoms. The number of carboxylic acid groups (broad SMARTS) is 1. The van der Waals surface area contributed by atoms with Crippen LogP contribution in [0.15, 0.2) is 46.2 Å². The predicted octanol–water partition coefficient (Wildman–Crippen LogP) is 2.24. The Morgan fingerprint density at radius 1 is 1.35 bits per heavy atom. The predicted molar refractivity (Wildman–Crippen MR) is 74.7 cm³/mol. The van der Waals surface area contributed by atoms with Crippen molar-refractivity contribution in [2.75, 3.05) is 0 Å². The molecule has 2 N–H and O–H groups in total. The van der Waals surface area contributed by atoms with E-state index in [1.165, 1.54) is 11.8 Å². The van der Waals surface area contributed by atoms with Crippen LogP contribution < -0.4 is 5.56 Å². The number of rotatable bonds is 4. The van der Waals surface area contributed by atoms with E-state index in [1.807, 2.05) is 36.4 Å². The fourth-order valence-electron chi connectivity index (χ4n) is 1.60. The van der Waals surface area contributed by atoms with Crippen LogP contribution in [0.25, 0.3) is 0 Å². The van der Waals surface area contributed by atoms with Crippen LogP contribution in [0.1, 0.15) is 21.5 Å². The van der Waals surface area contributed by atoms with Crippen LogP contribution in [0.2, 0.25) is 0 Å². The minimum absolute atomic E-state index is 0.155. The number of aromatic amines is 1. The van der Waals surface area contributed by atoms with Crippen molar-refractivity contribution in [3.8, 4) is 6.07 Å². The van der Waals surface area contributed by atoms with E-state index in [0.717, 1.165) is 11.6 Å². The number of nitriles is 1. The first-order valence-electron chi connectivity index (χ1n) is 5.69. The molecule has 0 unspecified atom stereocenters. The highest BCUT2D eigenvalue weighted by atomic mass is 32.2. The molecule has 0 saturated carbocycles. The number of aromatic carboxylic acids is 1. The van der Waals surface area contributed by atoms with Crippen molar-refractivity contribution < 1.29 is 9.90 Å². The molecule has 1 heterocycles. The molecule has 1 aromatic heterocycles. The number of thioether (sulfide) groups is 1. The second kappa shape index (κ2) is 6.08.